The van der Waals surface area contributed by atoms with Crippen molar-refractivity contribution in [1.29, 1.82) is 0 Å². The average Bonchev–Trinajstić information content (AvgIpc) is 2.97. The minimum Gasteiger partial charge on any atom is -0.451 e. The van der Waals surface area contributed by atoms with Gasteiger partial charge in [-0.25, -0.2) is 4.79 Å². The van der Waals surface area contributed by atoms with Crippen LogP contribution in [0.25, 0.3) is 0 Å². The smallest absolute Gasteiger partial charge is 0.335 e. The second kappa shape index (κ2) is 9.00. The van der Waals surface area contributed by atoms with E-state index in [1.165, 1.54) is 0 Å². The van der Waals surface area contributed by atoms with Gasteiger partial charge in [-0.3, -0.25) is 4.79 Å². The maximum atomic E-state index is 11.8. The number of nitrogens with one attached hydrogen (secondary N) is 1. The molecule has 122 valence electrons. The van der Waals surface area contributed by atoms with Crippen LogP contribution in [-0.4, -0.2) is 49.4 Å². The highest BCUT2D eigenvalue weighted by atomic mass is 16.6. The van der Waals surface area contributed by atoms with Crippen molar-refractivity contribution >= 4 is 11.9 Å². The molecule has 4 atom stereocenters. The molecule has 1 aliphatic rings. The summed E-state index contributed by atoms with van der Waals surface area (Å²) in [5.41, 5.74) is 0. The molecule has 1 heterocycles. The Balaban J connectivity index is 2.28. The molecular formula is C15H27NO5. The van der Waals surface area contributed by atoms with E-state index in [2.05, 4.69) is 5.32 Å². The molecule has 6 heteroatoms. The molecule has 1 aliphatic heterocycles. The molecule has 0 aromatic carbocycles. The largest absolute Gasteiger partial charge is 0.451 e. The maximum absolute atomic E-state index is 11.8. The van der Waals surface area contributed by atoms with Crippen molar-refractivity contribution in [3.05, 3.63) is 0 Å². The molecule has 1 N–H and O–H groups in total. The van der Waals surface area contributed by atoms with Crippen LogP contribution in [0, 0.1) is 0 Å². The summed E-state index contributed by atoms with van der Waals surface area (Å²) >= 11 is 0. The second-order valence-corrected chi connectivity index (χ2v) is 5.51. The summed E-state index contributed by atoms with van der Waals surface area (Å²) in [5, 5.41) is 2.77. The Hall–Kier alpha value is -1.14. The third-order valence-corrected chi connectivity index (χ3v) is 3.55. The molecule has 4 unspecified atom stereocenters. The first kappa shape index (κ1) is 17.9. The van der Waals surface area contributed by atoms with E-state index in [4.69, 9.17) is 14.2 Å². The second-order valence-electron chi connectivity index (χ2n) is 5.51. The van der Waals surface area contributed by atoms with Gasteiger partial charge in [-0.15, -0.1) is 0 Å². The molecule has 0 aromatic heterocycles. The van der Waals surface area contributed by atoms with E-state index in [1.807, 2.05) is 13.8 Å². The molecule has 0 aliphatic carbocycles. The maximum Gasteiger partial charge on any atom is 0.335 e. The zero-order chi connectivity index (χ0) is 15.8. The third-order valence-electron chi connectivity index (χ3n) is 3.55. The van der Waals surface area contributed by atoms with Gasteiger partial charge in [0.05, 0.1) is 12.7 Å². The first-order chi connectivity index (χ1) is 9.93. The van der Waals surface area contributed by atoms with Crippen molar-refractivity contribution in [2.24, 2.45) is 0 Å². The van der Waals surface area contributed by atoms with Crippen LogP contribution in [0.4, 0.5) is 0 Å². The lowest BCUT2D eigenvalue weighted by Crippen LogP contribution is -2.42. The Morgan fingerprint density at radius 3 is 2.57 bits per heavy atom. The fraction of sp³-hybridized carbons (Fsp3) is 0.867. The summed E-state index contributed by atoms with van der Waals surface area (Å²) in [6.45, 7) is 8.19. The quantitative estimate of drug-likeness (QED) is 0.686. The van der Waals surface area contributed by atoms with Gasteiger partial charge in [-0.1, -0.05) is 6.92 Å². The van der Waals surface area contributed by atoms with Gasteiger partial charge in [0.25, 0.3) is 5.91 Å². The lowest BCUT2D eigenvalue weighted by molar-refractivity contribution is -0.166. The van der Waals surface area contributed by atoms with Crippen LogP contribution in [0.5, 0.6) is 0 Å². The number of carbonyl (C=O) groups excluding carboxylic acids is 2. The molecule has 0 radical (unpaired) electrons. The molecule has 1 fully saturated rings. The van der Waals surface area contributed by atoms with Crippen molar-refractivity contribution in [2.75, 3.05) is 13.2 Å². The number of amides is 1. The van der Waals surface area contributed by atoms with Crippen molar-refractivity contribution < 1.29 is 23.8 Å². The van der Waals surface area contributed by atoms with Crippen LogP contribution in [0.3, 0.4) is 0 Å². The summed E-state index contributed by atoms with van der Waals surface area (Å²) < 4.78 is 16.0. The molecule has 6 nitrogen and oxygen atoms in total. The summed E-state index contributed by atoms with van der Waals surface area (Å²) in [4.78, 5) is 23.6. The Labute approximate surface area is 126 Å². The van der Waals surface area contributed by atoms with Gasteiger partial charge in [-0.05, 0) is 40.0 Å². The number of esters is 1. The van der Waals surface area contributed by atoms with E-state index in [0.717, 1.165) is 25.9 Å². The van der Waals surface area contributed by atoms with E-state index in [1.54, 1.807) is 13.8 Å². The molecule has 0 spiro atoms. The number of hydrogen-bond acceptors (Lipinski definition) is 5. The number of ether oxygens (including phenoxy) is 3. The summed E-state index contributed by atoms with van der Waals surface area (Å²) in [5.74, 6) is -0.816. The first-order valence-corrected chi connectivity index (χ1v) is 7.68. The molecule has 1 amide bonds. The number of carbonyl (C=O) groups is 2. The summed E-state index contributed by atoms with van der Waals surface area (Å²) in [6, 6.07) is 0.0619. The van der Waals surface area contributed by atoms with Crippen molar-refractivity contribution in [3.63, 3.8) is 0 Å². The number of rotatable bonds is 8. The minimum atomic E-state index is -0.819. The molecule has 21 heavy (non-hydrogen) atoms. The lowest BCUT2D eigenvalue weighted by Gasteiger charge is -2.19. The minimum absolute atomic E-state index is 0.0615. The highest BCUT2D eigenvalue weighted by Gasteiger charge is 2.24. The lowest BCUT2D eigenvalue weighted by atomic mass is 10.2. The van der Waals surface area contributed by atoms with Crippen molar-refractivity contribution in [1.82, 2.24) is 5.32 Å². The van der Waals surface area contributed by atoms with Gasteiger partial charge in [0.15, 0.2) is 12.2 Å². The molecule has 1 rings (SSSR count). The van der Waals surface area contributed by atoms with Gasteiger partial charge in [0.1, 0.15) is 0 Å². The van der Waals surface area contributed by atoms with E-state index >= 15 is 0 Å². The average molecular weight is 301 g/mol. The topological polar surface area (TPSA) is 73.9 Å². The van der Waals surface area contributed by atoms with Crippen LogP contribution in [0.1, 0.15) is 47.0 Å². The Morgan fingerprint density at radius 1 is 1.29 bits per heavy atom. The SMILES string of the molecule is CCC(C)NC(=O)C(C)OC(=O)C(C)OCC1CCCO1. The Bertz CT molecular complexity index is 341. The van der Waals surface area contributed by atoms with Gasteiger partial charge >= 0.3 is 5.97 Å². The van der Waals surface area contributed by atoms with Crippen molar-refractivity contribution in [2.45, 2.75) is 71.3 Å². The van der Waals surface area contributed by atoms with Crippen LogP contribution >= 0.6 is 0 Å². The zero-order valence-corrected chi connectivity index (χ0v) is 13.4. The molecule has 0 bridgehead atoms. The van der Waals surface area contributed by atoms with Crippen LogP contribution in [-0.2, 0) is 23.8 Å². The monoisotopic (exact) mass is 301 g/mol. The fourth-order valence-electron chi connectivity index (χ4n) is 1.88. The predicted octanol–water partition coefficient (Wildman–Crippen LogP) is 1.42. The van der Waals surface area contributed by atoms with E-state index in [0.29, 0.717) is 6.61 Å². The van der Waals surface area contributed by atoms with E-state index in [9.17, 15) is 9.59 Å². The van der Waals surface area contributed by atoms with Crippen LogP contribution in [0.15, 0.2) is 0 Å². The number of hydrogen-bond donors (Lipinski definition) is 1. The van der Waals surface area contributed by atoms with Crippen LogP contribution < -0.4 is 5.32 Å². The molecule has 0 aromatic rings. The zero-order valence-electron chi connectivity index (χ0n) is 13.4. The van der Waals surface area contributed by atoms with Gasteiger partial charge in [0, 0.05) is 12.6 Å². The van der Waals surface area contributed by atoms with E-state index in [-0.39, 0.29) is 18.1 Å². The predicted molar refractivity (Wildman–Crippen MR) is 77.8 cm³/mol. The Morgan fingerprint density at radius 2 is 2.00 bits per heavy atom. The highest BCUT2D eigenvalue weighted by molar-refractivity contribution is 5.84. The van der Waals surface area contributed by atoms with E-state index < -0.39 is 18.2 Å². The summed E-state index contributed by atoms with van der Waals surface area (Å²) in [7, 11) is 0. The standard InChI is InChI=1S/C15H27NO5/c1-5-10(2)16-14(17)11(3)21-15(18)12(4)20-9-13-7-6-8-19-13/h10-13H,5-9H2,1-4H3,(H,16,17). The normalized spacial score (nSPS) is 22.4. The van der Waals surface area contributed by atoms with Crippen molar-refractivity contribution in [3.8, 4) is 0 Å². The third kappa shape index (κ3) is 6.44. The van der Waals surface area contributed by atoms with Crippen LogP contribution in [0.2, 0.25) is 0 Å². The first-order valence-electron chi connectivity index (χ1n) is 7.68. The van der Waals surface area contributed by atoms with Gasteiger partial charge < -0.3 is 19.5 Å². The highest BCUT2D eigenvalue weighted by Crippen LogP contribution is 2.13. The van der Waals surface area contributed by atoms with Gasteiger partial charge in [0.2, 0.25) is 0 Å². The molecular weight excluding hydrogens is 274 g/mol. The fourth-order valence-corrected chi connectivity index (χ4v) is 1.88. The molecule has 1 saturated heterocycles. The van der Waals surface area contributed by atoms with Gasteiger partial charge in [-0.2, -0.15) is 0 Å². The Kier molecular flexibility index (Phi) is 7.67. The summed E-state index contributed by atoms with van der Waals surface area (Å²) in [6.07, 6.45) is 1.35. The molecule has 0 saturated carbocycles.